The summed E-state index contributed by atoms with van der Waals surface area (Å²) in [6, 6.07) is 11.8. The number of carbonyl (C=O) groups excluding carboxylic acids is 2. The van der Waals surface area contributed by atoms with Gasteiger partial charge in [0.2, 0.25) is 11.8 Å². The molecule has 164 valence electrons. The molecular weight excluding hydrogens is 416 g/mol. The highest BCUT2D eigenvalue weighted by Gasteiger charge is 2.47. The van der Waals surface area contributed by atoms with Crippen LogP contribution in [-0.4, -0.2) is 32.2 Å². The van der Waals surface area contributed by atoms with Gasteiger partial charge in [-0.3, -0.25) is 19.2 Å². The fraction of sp³-hybridized carbons (Fsp3) is 0.391. The summed E-state index contributed by atoms with van der Waals surface area (Å²) in [6.07, 6.45) is 3.41. The number of anilines is 1. The number of fused-ring (bicyclic) bond motifs is 1. The number of aryl methyl sites for hydroxylation is 1. The fourth-order valence-electron chi connectivity index (χ4n) is 4.49. The lowest BCUT2D eigenvalue weighted by molar-refractivity contribution is -0.140. The molecule has 31 heavy (non-hydrogen) atoms. The normalized spacial score (nSPS) is 21.2. The van der Waals surface area contributed by atoms with Crippen LogP contribution in [0.25, 0.3) is 0 Å². The third-order valence-electron chi connectivity index (χ3n) is 6.18. The van der Waals surface area contributed by atoms with Gasteiger partial charge >= 0.3 is 0 Å². The zero-order valence-corrected chi connectivity index (χ0v) is 18.4. The molecule has 2 aromatic rings. The predicted octanol–water partition coefficient (Wildman–Crippen LogP) is 3.48. The van der Waals surface area contributed by atoms with Crippen molar-refractivity contribution < 1.29 is 22.7 Å². The quantitative estimate of drug-likeness (QED) is 0.692. The summed E-state index contributed by atoms with van der Waals surface area (Å²) in [5.41, 5.74) is 1.83. The number of carbonyl (C=O) groups is 2. The van der Waals surface area contributed by atoms with E-state index in [1.54, 1.807) is 24.3 Å². The number of rotatable bonds is 6. The average molecular weight is 443 g/mol. The summed E-state index contributed by atoms with van der Waals surface area (Å²) in [5, 5.41) is 0. The summed E-state index contributed by atoms with van der Waals surface area (Å²) in [4.78, 5) is 26.8. The number of nitrogens with zero attached hydrogens (tertiary/aromatic N) is 1. The van der Waals surface area contributed by atoms with E-state index in [4.69, 9.17) is 4.74 Å². The second kappa shape index (κ2) is 8.34. The van der Waals surface area contributed by atoms with Gasteiger partial charge in [-0.05, 0) is 49.1 Å². The lowest BCUT2D eigenvalue weighted by Crippen LogP contribution is -2.30. The summed E-state index contributed by atoms with van der Waals surface area (Å²) >= 11 is 0. The van der Waals surface area contributed by atoms with Gasteiger partial charge in [0.1, 0.15) is 10.6 Å². The molecule has 1 saturated carbocycles. The third kappa shape index (κ3) is 4.04. The molecular formula is C23H26N2O5S. The number of para-hydroxylation sites is 1. The molecule has 2 amide bonds. The van der Waals surface area contributed by atoms with Gasteiger partial charge in [-0.2, -0.15) is 0 Å². The Balaban J connectivity index is 1.63. The molecule has 8 heteroatoms. The van der Waals surface area contributed by atoms with Crippen molar-refractivity contribution in [3.8, 4) is 5.75 Å². The molecule has 2 atom stereocenters. The highest BCUT2D eigenvalue weighted by atomic mass is 32.2. The number of likely N-dealkylation sites (tertiary alicyclic amines) is 1. The number of sulfonamides is 1. The lowest BCUT2D eigenvalue weighted by Gasteiger charge is -2.19. The Hall–Kier alpha value is -2.87. The maximum absolute atomic E-state index is 13.1. The van der Waals surface area contributed by atoms with Crippen molar-refractivity contribution in [3.63, 3.8) is 0 Å². The number of nitrogens with one attached hydrogen (secondary N) is 1. The van der Waals surface area contributed by atoms with E-state index in [-0.39, 0.29) is 40.8 Å². The van der Waals surface area contributed by atoms with Gasteiger partial charge in [-0.15, -0.1) is 0 Å². The molecule has 2 aliphatic rings. The Morgan fingerprint density at radius 3 is 2.29 bits per heavy atom. The van der Waals surface area contributed by atoms with E-state index in [2.05, 4.69) is 4.72 Å². The van der Waals surface area contributed by atoms with Crippen molar-refractivity contribution in [1.82, 2.24) is 4.90 Å². The third-order valence-corrected chi connectivity index (χ3v) is 7.57. The van der Waals surface area contributed by atoms with Crippen molar-refractivity contribution in [2.45, 2.75) is 44.0 Å². The van der Waals surface area contributed by atoms with Crippen LogP contribution < -0.4 is 9.46 Å². The van der Waals surface area contributed by atoms with Gasteiger partial charge < -0.3 is 4.74 Å². The largest absolute Gasteiger partial charge is 0.495 e. The minimum absolute atomic E-state index is 0.0349. The molecule has 1 saturated heterocycles. The topological polar surface area (TPSA) is 92.8 Å². The summed E-state index contributed by atoms with van der Waals surface area (Å²) in [5.74, 6) is -0.561. The van der Waals surface area contributed by atoms with Crippen LogP contribution in [0.5, 0.6) is 5.75 Å². The molecule has 0 unspecified atom stereocenters. The highest BCUT2D eigenvalue weighted by Crippen LogP contribution is 2.39. The molecule has 0 bridgehead atoms. The van der Waals surface area contributed by atoms with E-state index in [1.807, 2.05) is 19.1 Å². The van der Waals surface area contributed by atoms with Gasteiger partial charge in [-0.1, -0.05) is 37.1 Å². The number of hydrogen-bond acceptors (Lipinski definition) is 5. The van der Waals surface area contributed by atoms with Crippen molar-refractivity contribution in [2.24, 2.45) is 11.8 Å². The molecule has 1 heterocycles. The molecule has 0 spiro atoms. The number of methoxy groups -OCH3 is 1. The first-order valence-corrected chi connectivity index (χ1v) is 11.9. The fourth-order valence-corrected chi connectivity index (χ4v) is 5.84. The van der Waals surface area contributed by atoms with Crippen LogP contribution in [0, 0.1) is 18.8 Å². The first kappa shape index (κ1) is 21.4. The molecule has 1 aliphatic heterocycles. The predicted molar refractivity (Wildman–Crippen MR) is 116 cm³/mol. The van der Waals surface area contributed by atoms with E-state index >= 15 is 0 Å². The Bertz CT molecular complexity index is 1100. The smallest absolute Gasteiger partial charge is 0.265 e. The molecule has 0 aromatic heterocycles. The minimum Gasteiger partial charge on any atom is -0.495 e. The van der Waals surface area contributed by atoms with Crippen LogP contribution in [0.3, 0.4) is 0 Å². The van der Waals surface area contributed by atoms with Gasteiger partial charge in [0, 0.05) is 0 Å². The number of ether oxygens (including phenoxy) is 1. The van der Waals surface area contributed by atoms with Crippen molar-refractivity contribution in [1.29, 1.82) is 0 Å². The molecule has 1 N–H and O–H groups in total. The van der Waals surface area contributed by atoms with Crippen molar-refractivity contribution in [2.75, 3.05) is 11.8 Å². The standard InChI is InChI=1S/C23H26N2O5S/c1-15-7-3-6-10-19(15)24-31(28,29)21-13-16(11-12-20(21)30-2)14-25-22(26)17-8-4-5-9-18(17)23(25)27/h3,6-7,10-13,17-18,24H,4-5,8-9,14H2,1-2H3/t17-,18+. The van der Waals surface area contributed by atoms with Gasteiger partial charge in [-0.25, -0.2) is 8.42 Å². The second-order valence-electron chi connectivity index (χ2n) is 8.17. The zero-order chi connectivity index (χ0) is 22.2. The Kier molecular flexibility index (Phi) is 5.75. The average Bonchev–Trinajstić information content (AvgIpc) is 3.00. The number of amides is 2. The highest BCUT2D eigenvalue weighted by molar-refractivity contribution is 7.92. The van der Waals surface area contributed by atoms with Crippen LogP contribution in [0.1, 0.15) is 36.8 Å². The SMILES string of the molecule is COc1ccc(CN2C(=O)[C@H]3CCCC[C@H]3C2=O)cc1S(=O)(=O)Nc1ccccc1C. The Morgan fingerprint density at radius 1 is 1.03 bits per heavy atom. The maximum atomic E-state index is 13.1. The van der Waals surface area contributed by atoms with E-state index in [9.17, 15) is 18.0 Å². The van der Waals surface area contributed by atoms with Gasteiger partial charge in [0.15, 0.2) is 0 Å². The second-order valence-corrected chi connectivity index (χ2v) is 9.82. The van der Waals surface area contributed by atoms with Crippen LogP contribution in [0.2, 0.25) is 0 Å². The zero-order valence-electron chi connectivity index (χ0n) is 17.6. The van der Waals surface area contributed by atoms with Crippen LogP contribution in [-0.2, 0) is 26.2 Å². The monoisotopic (exact) mass is 442 g/mol. The first-order valence-electron chi connectivity index (χ1n) is 10.4. The molecule has 0 radical (unpaired) electrons. The van der Waals surface area contributed by atoms with Crippen molar-refractivity contribution >= 4 is 27.5 Å². The van der Waals surface area contributed by atoms with Gasteiger partial charge in [0.25, 0.3) is 10.0 Å². The first-order chi connectivity index (χ1) is 14.8. The summed E-state index contributed by atoms with van der Waals surface area (Å²) in [7, 11) is -2.54. The van der Waals surface area contributed by atoms with E-state index in [1.165, 1.54) is 18.1 Å². The Labute approximate surface area is 182 Å². The lowest BCUT2D eigenvalue weighted by atomic mass is 9.81. The van der Waals surface area contributed by atoms with Crippen LogP contribution >= 0.6 is 0 Å². The molecule has 2 aromatic carbocycles. The Morgan fingerprint density at radius 2 is 1.68 bits per heavy atom. The summed E-state index contributed by atoms with van der Waals surface area (Å²) in [6.45, 7) is 1.87. The van der Waals surface area contributed by atoms with Crippen LogP contribution in [0.15, 0.2) is 47.4 Å². The minimum atomic E-state index is -3.95. The number of benzene rings is 2. The molecule has 7 nitrogen and oxygen atoms in total. The molecule has 4 rings (SSSR count). The molecule has 1 aliphatic carbocycles. The van der Waals surface area contributed by atoms with Crippen molar-refractivity contribution in [3.05, 3.63) is 53.6 Å². The van der Waals surface area contributed by atoms with E-state index < -0.39 is 10.0 Å². The number of hydrogen-bond donors (Lipinski definition) is 1. The van der Waals surface area contributed by atoms with Crippen LogP contribution in [0.4, 0.5) is 5.69 Å². The van der Waals surface area contributed by atoms with E-state index in [0.717, 1.165) is 31.2 Å². The maximum Gasteiger partial charge on any atom is 0.265 e. The summed E-state index contributed by atoms with van der Waals surface area (Å²) < 4.78 is 34.1. The van der Waals surface area contributed by atoms with E-state index in [0.29, 0.717) is 11.3 Å². The molecule has 2 fully saturated rings. The number of imide groups is 1. The van der Waals surface area contributed by atoms with Gasteiger partial charge in [0.05, 0.1) is 31.2 Å².